The van der Waals surface area contributed by atoms with Crippen molar-refractivity contribution in [3.05, 3.63) is 64.7 Å². The van der Waals surface area contributed by atoms with Gasteiger partial charge in [-0.2, -0.15) is 13.2 Å². The highest BCUT2D eigenvalue weighted by atomic mass is 19.4. The van der Waals surface area contributed by atoms with Gasteiger partial charge in [-0.25, -0.2) is 0 Å². The summed E-state index contributed by atoms with van der Waals surface area (Å²) in [4.78, 5) is 17.5. The van der Waals surface area contributed by atoms with E-state index in [2.05, 4.69) is 36.9 Å². The molecule has 2 aromatic carbocycles. The second kappa shape index (κ2) is 7.28. The van der Waals surface area contributed by atoms with Crippen molar-refractivity contribution in [2.24, 2.45) is 17.8 Å². The maximum absolute atomic E-state index is 13.0. The molecule has 6 heteroatoms. The number of anilines is 1. The molecule has 2 aliphatic heterocycles. The summed E-state index contributed by atoms with van der Waals surface area (Å²) >= 11 is 0. The van der Waals surface area contributed by atoms with Gasteiger partial charge in [0.1, 0.15) is 0 Å². The van der Waals surface area contributed by atoms with Crippen LogP contribution in [0.1, 0.15) is 34.6 Å². The highest BCUT2D eigenvalue weighted by Gasteiger charge is 2.49. The number of halogens is 3. The minimum absolute atomic E-state index is 0.0571. The number of benzene rings is 2. The molecule has 164 valence electrons. The lowest BCUT2D eigenvalue weighted by Gasteiger charge is -2.25. The molecule has 0 bridgehead atoms. The Balaban J connectivity index is 1.19. The number of hydrogen-bond donors (Lipinski definition) is 0. The van der Waals surface area contributed by atoms with E-state index in [1.54, 1.807) is 0 Å². The SMILES string of the molecule is Cc1ccc(C)c(N2C[C@H]3CN(C(=O)[C@@H]4C[C@@H]4c4ccc(C(F)(F)F)cc4)C[C@H]3C2)c1. The van der Waals surface area contributed by atoms with Crippen LogP contribution in [0.15, 0.2) is 42.5 Å². The van der Waals surface area contributed by atoms with Crippen LogP contribution in [0, 0.1) is 31.6 Å². The molecule has 0 unspecified atom stereocenters. The Morgan fingerprint density at radius 3 is 2.19 bits per heavy atom. The molecule has 1 amide bonds. The van der Waals surface area contributed by atoms with E-state index in [-0.39, 0.29) is 17.7 Å². The van der Waals surface area contributed by atoms with Crippen LogP contribution in [0.3, 0.4) is 0 Å². The van der Waals surface area contributed by atoms with Crippen molar-refractivity contribution < 1.29 is 18.0 Å². The van der Waals surface area contributed by atoms with Crippen LogP contribution in [0.4, 0.5) is 18.9 Å². The Morgan fingerprint density at radius 1 is 0.935 bits per heavy atom. The third kappa shape index (κ3) is 3.81. The molecule has 0 radical (unpaired) electrons. The Labute approximate surface area is 180 Å². The average molecular weight is 428 g/mol. The van der Waals surface area contributed by atoms with Gasteiger partial charge in [0, 0.05) is 49.6 Å². The smallest absolute Gasteiger partial charge is 0.371 e. The monoisotopic (exact) mass is 428 g/mol. The lowest BCUT2D eigenvalue weighted by Crippen LogP contribution is -2.34. The van der Waals surface area contributed by atoms with E-state index in [0.29, 0.717) is 11.8 Å². The molecular weight excluding hydrogens is 401 g/mol. The number of likely N-dealkylation sites (tertiary alicyclic amines) is 1. The van der Waals surface area contributed by atoms with E-state index in [9.17, 15) is 18.0 Å². The zero-order chi connectivity index (χ0) is 21.9. The molecule has 2 heterocycles. The Kier molecular flexibility index (Phi) is 4.79. The van der Waals surface area contributed by atoms with Gasteiger partial charge >= 0.3 is 6.18 Å². The van der Waals surface area contributed by atoms with E-state index in [4.69, 9.17) is 0 Å². The van der Waals surface area contributed by atoms with Crippen LogP contribution in [0.25, 0.3) is 0 Å². The van der Waals surface area contributed by atoms with Crippen LogP contribution in [-0.4, -0.2) is 37.0 Å². The first-order valence-corrected chi connectivity index (χ1v) is 11.0. The standard InChI is InChI=1S/C25H27F3N2O/c1-15-3-4-16(2)23(9-15)29-11-18-13-30(14-19(18)12-29)24(31)22-10-21(22)17-5-7-20(8-6-17)25(26,27)28/h3-9,18-19,21-22H,10-14H2,1-2H3/t18-,19+,21-,22-/m1/s1. The van der Waals surface area contributed by atoms with Gasteiger partial charge in [-0.05, 0) is 61.1 Å². The molecule has 1 saturated carbocycles. The molecule has 2 saturated heterocycles. The van der Waals surface area contributed by atoms with Crippen LogP contribution in [0.5, 0.6) is 0 Å². The summed E-state index contributed by atoms with van der Waals surface area (Å²) in [5.41, 5.74) is 4.05. The van der Waals surface area contributed by atoms with Crippen molar-refractivity contribution in [1.82, 2.24) is 4.90 Å². The van der Waals surface area contributed by atoms with Crippen LogP contribution >= 0.6 is 0 Å². The van der Waals surface area contributed by atoms with Crippen molar-refractivity contribution in [1.29, 1.82) is 0 Å². The van der Waals surface area contributed by atoms with E-state index in [1.807, 2.05) is 4.90 Å². The number of fused-ring (bicyclic) bond motifs is 1. The normalized spacial score (nSPS) is 27.5. The molecule has 0 aromatic heterocycles. The van der Waals surface area contributed by atoms with Crippen LogP contribution in [0.2, 0.25) is 0 Å². The lowest BCUT2D eigenvalue weighted by molar-refractivity contribution is -0.137. The van der Waals surface area contributed by atoms with Gasteiger partial charge in [0.05, 0.1) is 5.56 Å². The quantitative estimate of drug-likeness (QED) is 0.685. The summed E-state index contributed by atoms with van der Waals surface area (Å²) in [6, 6.07) is 11.9. The summed E-state index contributed by atoms with van der Waals surface area (Å²) in [7, 11) is 0. The fraction of sp³-hybridized carbons (Fsp3) is 0.480. The van der Waals surface area contributed by atoms with E-state index < -0.39 is 11.7 Å². The molecule has 0 N–H and O–H groups in total. The van der Waals surface area contributed by atoms with Crippen molar-refractivity contribution >= 4 is 11.6 Å². The minimum Gasteiger partial charge on any atom is -0.371 e. The zero-order valence-electron chi connectivity index (χ0n) is 17.8. The Hall–Kier alpha value is -2.50. The third-order valence-electron chi connectivity index (χ3n) is 7.28. The molecule has 4 atom stereocenters. The second-order valence-corrected chi connectivity index (χ2v) is 9.53. The molecule has 0 spiro atoms. The van der Waals surface area contributed by atoms with Crippen molar-refractivity contribution in [3.63, 3.8) is 0 Å². The predicted octanol–water partition coefficient (Wildman–Crippen LogP) is 5.02. The largest absolute Gasteiger partial charge is 0.416 e. The fourth-order valence-corrected chi connectivity index (χ4v) is 5.42. The van der Waals surface area contributed by atoms with E-state index >= 15 is 0 Å². The zero-order valence-corrected chi connectivity index (χ0v) is 17.8. The molecule has 3 aliphatic rings. The van der Waals surface area contributed by atoms with Gasteiger partial charge < -0.3 is 9.80 Å². The van der Waals surface area contributed by atoms with Gasteiger partial charge in [0.15, 0.2) is 0 Å². The first-order valence-electron chi connectivity index (χ1n) is 11.0. The van der Waals surface area contributed by atoms with Crippen LogP contribution in [-0.2, 0) is 11.0 Å². The van der Waals surface area contributed by atoms with Crippen molar-refractivity contribution in [3.8, 4) is 0 Å². The molecule has 5 rings (SSSR count). The molecule has 3 nitrogen and oxygen atoms in total. The lowest BCUT2D eigenvalue weighted by atomic mass is 10.0. The summed E-state index contributed by atoms with van der Waals surface area (Å²) in [5.74, 6) is 1.14. The first kappa shape index (κ1) is 20.4. The second-order valence-electron chi connectivity index (χ2n) is 9.53. The molecule has 1 aliphatic carbocycles. The minimum atomic E-state index is -4.32. The van der Waals surface area contributed by atoms with Gasteiger partial charge in [-0.3, -0.25) is 4.79 Å². The van der Waals surface area contributed by atoms with E-state index in [0.717, 1.165) is 50.3 Å². The molecule has 2 aromatic rings. The molecule has 31 heavy (non-hydrogen) atoms. The Morgan fingerprint density at radius 2 is 1.58 bits per heavy atom. The summed E-state index contributed by atoms with van der Waals surface area (Å²) < 4.78 is 38.3. The topological polar surface area (TPSA) is 23.6 Å². The number of hydrogen-bond acceptors (Lipinski definition) is 2. The van der Waals surface area contributed by atoms with Gasteiger partial charge in [-0.15, -0.1) is 0 Å². The number of carbonyl (C=O) groups is 1. The van der Waals surface area contributed by atoms with Crippen molar-refractivity contribution in [2.75, 3.05) is 31.1 Å². The molecular formula is C25H27F3N2O. The number of carbonyl (C=O) groups excluding carboxylic acids is 1. The highest BCUT2D eigenvalue weighted by molar-refractivity contribution is 5.83. The number of amides is 1. The summed E-state index contributed by atoms with van der Waals surface area (Å²) in [6.07, 6.45) is -3.58. The number of rotatable bonds is 3. The predicted molar refractivity (Wildman–Crippen MR) is 114 cm³/mol. The first-order chi connectivity index (χ1) is 14.7. The third-order valence-corrected chi connectivity index (χ3v) is 7.28. The van der Waals surface area contributed by atoms with E-state index in [1.165, 1.54) is 28.9 Å². The fourth-order valence-electron chi connectivity index (χ4n) is 5.42. The summed E-state index contributed by atoms with van der Waals surface area (Å²) in [5, 5.41) is 0. The molecule has 3 fully saturated rings. The average Bonchev–Trinajstić information content (AvgIpc) is 3.28. The van der Waals surface area contributed by atoms with Gasteiger partial charge in [0.2, 0.25) is 5.91 Å². The maximum Gasteiger partial charge on any atom is 0.416 e. The van der Waals surface area contributed by atoms with Gasteiger partial charge in [-0.1, -0.05) is 24.3 Å². The van der Waals surface area contributed by atoms with Crippen molar-refractivity contribution in [2.45, 2.75) is 32.4 Å². The highest BCUT2D eigenvalue weighted by Crippen LogP contribution is 2.50. The van der Waals surface area contributed by atoms with Crippen LogP contribution < -0.4 is 4.90 Å². The Bertz CT molecular complexity index is 987. The number of alkyl halides is 3. The number of nitrogens with zero attached hydrogens (tertiary/aromatic N) is 2. The number of aryl methyl sites for hydroxylation is 2. The van der Waals surface area contributed by atoms with Gasteiger partial charge in [0.25, 0.3) is 0 Å². The maximum atomic E-state index is 13.0. The summed E-state index contributed by atoms with van der Waals surface area (Å²) in [6.45, 7) is 7.80.